The number of hydrogen-bond donors (Lipinski definition) is 1. The lowest BCUT2D eigenvalue weighted by Crippen LogP contribution is -2.05. The number of rotatable bonds is 3. The molecule has 0 unspecified atom stereocenters. The minimum absolute atomic E-state index is 0.138. The van der Waals surface area contributed by atoms with Crippen molar-refractivity contribution in [2.75, 3.05) is 6.26 Å². The summed E-state index contributed by atoms with van der Waals surface area (Å²) < 4.78 is 5.43. The first-order chi connectivity index (χ1) is 6.13. The number of benzene rings is 1. The third kappa shape index (κ3) is 2.84. The van der Waals surface area contributed by atoms with Gasteiger partial charge in [-0.05, 0) is 32.2 Å². The van der Waals surface area contributed by atoms with E-state index in [4.69, 9.17) is 4.74 Å². The van der Waals surface area contributed by atoms with Crippen molar-refractivity contribution in [1.82, 2.24) is 0 Å². The number of hydrogen-bond acceptors (Lipinski definition) is 3. The van der Waals surface area contributed by atoms with Gasteiger partial charge in [0, 0.05) is 11.0 Å². The van der Waals surface area contributed by atoms with E-state index >= 15 is 0 Å². The topological polar surface area (TPSA) is 29.5 Å². The Bertz CT molecular complexity index is 284. The van der Waals surface area contributed by atoms with E-state index in [1.54, 1.807) is 6.07 Å². The third-order valence-electron chi connectivity index (χ3n) is 1.52. The summed E-state index contributed by atoms with van der Waals surface area (Å²) in [6.07, 6.45) is 2.07. The molecule has 0 radical (unpaired) electrons. The Labute approximate surface area is 82.9 Å². The van der Waals surface area contributed by atoms with Gasteiger partial charge in [0.1, 0.15) is 11.5 Å². The molecular formula is C10H14O2S. The van der Waals surface area contributed by atoms with Crippen molar-refractivity contribution in [3.63, 3.8) is 0 Å². The lowest BCUT2D eigenvalue weighted by Gasteiger charge is -2.10. The van der Waals surface area contributed by atoms with Crippen LogP contribution in [0.2, 0.25) is 0 Å². The lowest BCUT2D eigenvalue weighted by atomic mass is 10.3. The van der Waals surface area contributed by atoms with Crippen molar-refractivity contribution in [2.45, 2.75) is 24.8 Å². The first kappa shape index (κ1) is 10.3. The molecule has 1 aromatic carbocycles. The van der Waals surface area contributed by atoms with Gasteiger partial charge < -0.3 is 9.84 Å². The average molecular weight is 198 g/mol. The predicted octanol–water partition coefficient (Wildman–Crippen LogP) is 2.90. The van der Waals surface area contributed by atoms with E-state index in [2.05, 4.69) is 0 Å². The van der Waals surface area contributed by atoms with Crippen LogP contribution in [0.1, 0.15) is 13.8 Å². The van der Waals surface area contributed by atoms with Crippen molar-refractivity contribution in [3.05, 3.63) is 18.2 Å². The average Bonchev–Trinajstić information content (AvgIpc) is 2.03. The Morgan fingerprint density at radius 2 is 2.08 bits per heavy atom. The Hall–Kier alpha value is -0.830. The summed E-state index contributed by atoms with van der Waals surface area (Å²) in [4.78, 5) is 0.871. The van der Waals surface area contributed by atoms with Crippen LogP contribution >= 0.6 is 11.8 Å². The molecule has 13 heavy (non-hydrogen) atoms. The molecule has 0 aliphatic carbocycles. The molecule has 0 heterocycles. The highest BCUT2D eigenvalue weighted by atomic mass is 32.2. The quantitative estimate of drug-likeness (QED) is 0.757. The van der Waals surface area contributed by atoms with E-state index < -0.39 is 0 Å². The Morgan fingerprint density at radius 3 is 2.54 bits per heavy atom. The Morgan fingerprint density at radius 1 is 1.38 bits per heavy atom. The molecule has 3 heteroatoms. The Balaban J connectivity index is 2.83. The van der Waals surface area contributed by atoms with Gasteiger partial charge in [0.15, 0.2) is 0 Å². The molecule has 0 aliphatic heterocycles. The number of thioether (sulfide) groups is 1. The van der Waals surface area contributed by atoms with Gasteiger partial charge in [0.2, 0.25) is 0 Å². The maximum Gasteiger partial charge on any atom is 0.132 e. The highest BCUT2D eigenvalue weighted by Gasteiger charge is 2.03. The van der Waals surface area contributed by atoms with Crippen LogP contribution < -0.4 is 4.74 Å². The monoisotopic (exact) mass is 198 g/mol. The van der Waals surface area contributed by atoms with E-state index in [9.17, 15) is 5.11 Å². The van der Waals surface area contributed by atoms with Crippen LogP contribution in [0, 0.1) is 0 Å². The maximum absolute atomic E-state index is 9.50. The van der Waals surface area contributed by atoms with Gasteiger partial charge >= 0.3 is 0 Å². The SMILES string of the molecule is CSc1ccc(OC(C)C)cc1O. The summed E-state index contributed by atoms with van der Waals surface area (Å²) in [5, 5.41) is 9.50. The van der Waals surface area contributed by atoms with E-state index in [-0.39, 0.29) is 11.9 Å². The second kappa shape index (κ2) is 4.42. The molecule has 2 nitrogen and oxygen atoms in total. The van der Waals surface area contributed by atoms with E-state index in [0.717, 1.165) is 4.90 Å². The summed E-state index contributed by atoms with van der Waals surface area (Å²) in [6.45, 7) is 3.92. The number of aromatic hydroxyl groups is 1. The molecule has 1 aromatic rings. The summed E-state index contributed by atoms with van der Waals surface area (Å²) in [5.74, 6) is 0.996. The highest BCUT2D eigenvalue weighted by Crippen LogP contribution is 2.30. The van der Waals surface area contributed by atoms with Crippen LogP contribution in [0.3, 0.4) is 0 Å². The second-order valence-electron chi connectivity index (χ2n) is 3.00. The summed E-state index contributed by atoms with van der Waals surface area (Å²) in [7, 11) is 0. The first-order valence-corrected chi connectivity index (χ1v) is 5.39. The van der Waals surface area contributed by atoms with Gasteiger partial charge in [-0.25, -0.2) is 0 Å². The van der Waals surface area contributed by atoms with Crippen LogP contribution in [0.4, 0.5) is 0 Å². The maximum atomic E-state index is 9.50. The fraction of sp³-hybridized carbons (Fsp3) is 0.400. The van der Waals surface area contributed by atoms with E-state index in [1.807, 2.05) is 32.2 Å². The van der Waals surface area contributed by atoms with Gasteiger partial charge in [-0.2, -0.15) is 0 Å². The molecule has 1 N–H and O–H groups in total. The molecule has 0 spiro atoms. The smallest absolute Gasteiger partial charge is 0.132 e. The van der Waals surface area contributed by atoms with Crippen LogP contribution in [-0.4, -0.2) is 17.5 Å². The summed E-state index contributed by atoms with van der Waals surface area (Å²) >= 11 is 1.52. The van der Waals surface area contributed by atoms with Gasteiger partial charge in [0.05, 0.1) is 6.10 Å². The van der Waals surface area contributed by atoms with Gasteiger partial charge in [-0.1, -0.05) is 0 Å². The molecule has 0 bridgehead atoms. The minimum atomic E-state index is 0.138. The van der Waals surface area contributed by atoms with Crippen molar-refractivity contribution < 1.29 is 9.84 Å². The van der Waals surface area contributed by atoms with Crippen LogP contribution in [-0.2, 0) is 0 Å². The van der Waals surface area contributed by atoms with Crippen LogP contribution in [0.5, 0.6) is 11.5 Å². The fourth-order valence-electron chi connectivity index (χ4n) is 1.02. The van der Waals surface area contributed by atoms with Crippen molar-refractivity contribution >= 4 is 11.8 Å². The zero-order valence-corrected chi connectivity index (χ0v) is 8.89. The van der Waals surface area contributed by atoms with Gasteiger partial charge in [-0.3, -0.25) is 0 Å². The Kier molecular flexibility index (Phi) is 3.48. The molecular weight excluding hydrogens is 184 g/mol. The molecule has 0 saturated carbocycles. The summed E-state index contributed by atoms with van der Waals surface area (Å²) in [6, 6.07) is 5.37. The number of phenolic OH excluding ortho intramolecular Hbond substituents is 1. The fourth-order valence-corrected chi connectivity index (χ4v) is 1.49. The molecule has 1 rings (SSSR count). The molecule has 72 valence electrons. The largest absolute Gasteiger partial charge is 0.507 e. The first-order valence-electron chi connectivity index (χ1n) is 4.17. The highest BCUT2D eigenvalue weighted by molar-refractivity contribution is 7.98. The normalized spacial score (nSPS) is 10.5. The van der Waals surface area contributed by atoms with Crippen LogP contribution in [0.15, 0.2) is 23.1 Å². The second-order valence-corrected chi connectivity index (χ2v) is 3.85. The van der Waals surface area contributed by atoms with Gasteiger partial charge in [-0.15, -0.1) is 11.8 Å². The van der Waals surface area contributed by atoms with E-state index in [0.29, 0.717) is 5.75 Å². The number of ether oxygens (including phenoxy) is 1. The molecule has 0 saturated heterocycles. The lowest BCUT2D eigenvalue weighted by molar-refractivity contribution is 0.241. The summed E-state index contributed by atoms with van der Waals surface area (Å²) in [5.41, 5.74) is 0. The van der Waals surface area contributed by atoms with Crippen molar-refractivity contribution in [3.8, 4) is 11.5 Å². The van der Waals surface area contributed by atoms with E-state index in [1.165, 1.54) is 11.8 Å². The van der Waals surface area contributed by atoms with Crippen LogP contribution in [0.25, 0.3) is 0 Å². The minimum Gasteiger partial charge on any atom is -0.507 e. The molecule has 0 amide bonds. The van der Waals surface area contributed by atoms with Crippen molar-refractivity contribution in [2.24, 2.45) is 0 Å². The van der Waals surface area contributed by atoms with Crippen molar-refractivity contribution in [1.29, 1.82) is 0 Å². The zero-order chi connectivity index (χ0) is 9.84. The number of phenols is 1. The molecule has 0 atom stereocenters. The molecule has 0 aliphatic rings. The third-order valence-corrected chi connectivity index (χ3v) is 2.31. The standard InChI is InChI=1S/C10H14O2S/c1-7(2)12-8-4-5-10(13-3)9(11)6-8/h4-7,11H,1-3H3. The molecule has 0 fully saturated rings. The predicted molar refractivity (Wildman–Crippen MR) is 55.7 cm³/mol. The molecule has 0 aromatic heterocycles. The van der Waals surface area contributed by atoms with Gasteiger partial charge in [0.25, 0.3) is 0 Å². The zero-order valence-electron chi connectivity index (χ0n) is 8.07.